The lowest BCUT2D eigenvalue weighted by molar-refractivity contribution is 0.684. The minimum Gasteiger partial charge on any atom is -0.229 e. The summed E-state index contributed by atoms with van der Waals surface area (Å²) in [6.45, 7) is 2.01. The molecular weight excluding hydrogens is 350 g/mol. The Morgan fingerprint density at radius 3 is 2.11 bits per heavy atom. The van der Waals surface area contributed by atoms with E-state index in [4.69, 9.17) is 0 Å². The summed E-state index contributed by atoms with van der Waals surface area (Å²) in [5.74, 6) is 0. The number of aryl methyl sites for hydroxylation is 1. The summed E-state index contributed by atoms with van der Waals surface area (Å²) in [6, 6.07) is 26.8. The first-order valence-corrected chi connectivity index (χ1v) is 10.0. The van der Waals surface area contributed by atoms with Crippen molar-refractivity contribution in [2.24, 2.45) is 4.40 Å². The monoisotopic (exact) mass is 367 g/mol. The second kappa shape index (κ2) is 6.29. The highest BCUT2D eigenvalue weighted by Gasteiger charge is 2.10. The lowest BCUT2D eigenvalue weighted by atomic mass is 9.92. The van der Waals surface area contributed by atoms with E-state index in [9.17, 15) is 4.21 Å². The molecule has 2 nitrogen and oxygen atoms in total. The van der Waals surface area contributed by atoms with Crippen LogP contribution in [-0.2, 0) is 11.0 Å². The molecule has 5 aromatic rings. The lowest BCUT2D eigenvalue weighted by Crippen LogP contribution is -1.92. The van der Waals surface area contributed by atoms with Gasteiger partial charge in [0, 0.05) is 11.8 Å². The second-order valence-electron chi connectivity index (χ2n) is 6.81. The van der Waals surface area contributed by atoms with E-state index in [1.165, 1.54) is 26.9 Å². The molecule has 0 N–H and O–H groups in total. The third kappa shape index (κ3) is 2.71. The van der Waals surface area contributed by atoms with Crippen molar-refractivity contribution in [2.45, 2.75) is 11.8 Å². The van der Waals surface area contributed by atoms with Gasteiger partial charge in [0.05, 0.1) is 4.90 Å². The van der Waals surface area contributed by atoms with Gasteiger partial charge in [-0.05, 0) is 51.4 Å². The minimum atomic E-state index is -1.40. The molecule has 0 saturated carbocycles. The van der Waals surface area contributed by atoms with Crippen molar-refractivity contribution in [3.63, 3.8) is 0 Å². The Labute approximate surface area is 160 Å². The molecule has 0 fully saturated rings. The van der Waals surface area contributed by atoms with Crippen molar-refractivity contribution in [1.82, 2.24) is 0 Å². The summed E-state index contributed by atoms with van der Waals surface area (Å²) in [7, 11) is -1.40. The predicted octanol–water partition coefficient (Wildman–Crippen LogP) is 6.03. The van der Waals surface area contributed by atoms with Gasteiger partial charge in [-0.15, -0.1) is 0 Å². The van der Waals surface area contributed by atoms with Gasteiger partial charge < -0.3 is 0 Å². The predicted molar refractivity (Wildman–Crippen MR) is 115 cm³/mol. The van der Waals surface area contributed by atoms with Crippen LogP contribution in [0.5, 0.6) is 0 Å². The summed E-state index contributed by atoms with van der Waals surface area (Å²) < 4.78 is 16.8. The van der Waals surface area contributed by atoms with Crippen LogP contribution in [0.3, 0.4) is 0 Å². The van der Waals surface area contributed by atoms with E-state index < -0.39 is 11.0 Å². The van der Waals surface area contributed by atoms with E-state index in [0.29, 0.717) is 0 Å². The van der Waals surface area contributed by atoms with Crippen LogP contribution in [0.2, 0.25) is 0 Å². The summed E-state index contributed by atoms with van der Waals surface area (Å²) >= 11 is 0. The Morgan fingerprint density at radius 2 is 1.37 bits per heavy atom. The highest BCUT2D eigenvalue weighted by Crippen LogP contribution is 2.35. The van der Waals surface area contributed by atoms with Gasteiger partial charge in [-0.1, -0.05) is 72.3 Å². The lowest BCUT2D eigenvalue weighted by Gasteiger charge is -2.12. The SMILES string of the molecule is Cc1ccc([S@](=O)/N=C/c2ccc3ccc4cccc5ccc2c3c45)cc1. The number of hydrogen-bond donors (Lipinski definition) is 0. The Bertz CT molecular complexity index is 1320. The highest BCUT2D eigenvalue weighted by molar-refractivity contribution is 7.83. The molecule has 0 aliphatic rings. The fourth-order valence-corrected chi connectivity index (χ4v) is 4.39. The Balaban J connectivity index is 1.65. The zero-order valence-electron chi connectivity index (χ0n) is 14.8. The van der Waals surface area contributed by atoms with E-state index in [1.807, 2.05) is 31.2 Å². The number of hydrogen-bond acceptors (Lipinski definition) is 1. The molecule has 0 aliphatic heterocycles. The molecule has 1 atom stereocenters. The van der Waals surface area contributed by atoms with Crippen LogP contribution in [0, 0.1) is 6.92 Å². The molecule has 27 heavy (non-hydrogen) atoms. The summed E-state index contributed by atoms with van der Waals surface area (Å²) in [5.41, 5.74) is 2.13. The Morgan fingerprint density at radius 1 is 0.741 bits per heavy atom. The van der Waals surface area contributed by atoms with Crippen LogP contribution < -0.4 is 0 Å². The maximum Gasteiger partial charge on any atom is 0.172 e. The van der Waals surface area contributed by atoms with Crippen molar-refractivity contribution in [2.75, 3.05) is 0 Å². The molecule has 0 saturated heterocycles. The van der Waals surface area contributed by atoms with E-state index >= 15 is 0 Å². The number of benzene rings is 5. The quantitative estimate of drug-likeness (QED) is 0.283. The third-order valence-corrected chi connectivity index (χ3v) is 6.04. The third-order valence-electron chi connectivity index (χ3n) is 5.07. The average Bonchev–Trinajstić information content (AvgIpc) is 2.71. The van der Waals surface area contributed by atoms with Gasteiger partial charge in [-0.3, -0.25) is 0 Å². The minimum absolute atomic E-state index is 0.717. The van der Waals surface area contributed by atoms with Gasteiger partial charge >= 0.3 is 0 Å². The van der Waals surface area contributed by atoms with Crippen LogP contribution >= 0.6 is 0 Å². The van der Waals surface area contributed by atoms with Gasteiger partial charge in [0.15, 0.2) is 11.0 Å². The fourth-order valence-electron chi connectivity index (χ4n) is 3.69. The summed E-state index contributed by atoms with van der Waals surface area (Å²) in [6.07, 6.45) is 1.74. The molecule has 0 spiro atoms. The van der Waals surface area contributed by atoms with Crippen LogP contribution in [0.15, 0.2) is 88.2 Å². The van der Waals surface area contributed by atoms with E-state index in [0.717, 1.165) is 21.4 Å². The molecule has 3 heteroatoms. The number of rotatable bonds is 3. The van der Waals surface area contributed by atoms with Crippen molar-refractivity contribution in [3.8, 4) is 0 Å². The summed E-state index contributed by atoms with van der Waals surface area (Å²) in [4.78, 5) is 0.717. The van der Waals surface area contributed by atoms with Gasteiger partial charge in [-0.2, -0.15) is 4.40 Å². The van der Waals surface area contributed by atoms with Crippen LogP contribution in [0.4, 0.5) is 0 Å². The molecule has 0 amide bonds. The molecular formula is C24H17NOS. The Kier molecular flexibility index (Phi) is 3.76. The molecule has 5 rings (SSSR count). The van der Waals surface area contributed by atoms with Crippen LogP contribution in [-0.4, -0.2) is 10.4 Å². The first-order chi connectivity index (χ1) is 13.2. The van der Waals surface area contributed by atoms with Crippen molar-refractivity contribution >= 4 is 49.5 Å². The largest absolute Gasteiger partial charge is 0.229 e. The van der Waals surface area contributed by atoms with Crippen molar-refractivity contribution in [3.05, 3.63) is 90.0 Å². The zero-order valence-corrected chi connectivity index (χ0v) is 15.7. The molecule has 0 heterocycles. The van der Waals surface area contributed by atoms with Gasteiger partial charge in [0.1, 0.15) is 0 Å². The standard InChI is InChI=1S/C24H17NOS/c1-16-5-12-21(13-6-16)27(26)25-15-20-10-9-19-8-7-17-3-2-4-18-11-14-22(20)24(19)23(17)18/h2-15H,1H3/b25-15+/t27-/m0/s1. The first-order valence-electron chi connectivity index (χ1n) is 8.90. The maximum atomic E-state index is 12.5. The molecule has 0 aliphatic carbocycles. The van der Waals surface area contributed by atoms with Crippen LogP contribution in [0.25, 0.3) is 32.3 Å². The van der Waals surface area contributed by atoms with Gasteiger partial charge in [0.2, 0.25) is 0 Å². The molecule has 5 aromatic carbocycles. The first kappa shape index (κ1) is 16.2. The zero-order chi connectivity index (χ0) is 18.4. The Hall–Kier alpha value is -3.04. The normalized spacial score (nSPS) is 13.2. The van der Waals surface area contributed by atoms with Crippen LogP contribution in [0.1, 0.15) is 11.1 Å². The van der Waals surface area contributed by atoms with Crippen molar-refractivity contribution < 1.29 is 4.21 Å². The maximum absolute atomic E-state index is 12.5. The van der Waals surface area contributed by atoms with E-state index in [1.54, 1.807) is 6.21 Å². The second-order valence-corrected chi connectivity index (χ2v) is 7.99. The summed E-state index contributed by atoms with van der Waals surface area (Å²) in [5, 5.41) is 7.36. The average molecular weight is 367 g/mol. The van der Waals surface area contributed by atoms with Gasteiger partial charge in [0.25, 0.3) is 0 Å². The fraction of sp³-hybridized carbons (Fsp3) is 0.0417. The molecule has 130 valence electrons. The topological polar surface area (TPSA) is 29.4 Å². The molecule has 0 aromatic heterocycles. The molecule has 0 bridgehead atoms. The molecule has 0 unspecified atom stereocenters. The number of nitrogens with zero attached hydrogens (tertiary/aromatic N) is 1. The molecule has 0 radical (unpaired) electrons. The van der Waals surface area contributed by atoms with Crippen molar-refractivity contribution in [1.29, 1.82) is 0 Å². The smallest absolute Gasteiger partial charge is 0.172 e. The van der Waals surface area contributed by atoms with E-state index in [2.05, 4.69) is 59.0 Å². The van der Waals surface area contributed by atoms with E-state index in [-0.39, 0.29) is 0 Å². The highest BCUT2D eigenvalue weighted by atomic mass is 32.2. The van der Waals surface area contributed by atoms with Gasteiger partial charge in [-0.25, -0.2) is 4.21 Å².